The number of benzene rings is 1. The summed E-state index contributed by atoms with van der Waals surface area (Å²) in [5.74, 6) is -1.91. The average Bonchev–Trinajstić information content (AvgIpc) is 2.34. The normalized spacial score (nSPS) is 10.4. The molecule has 6 nitrogen and oxygen atoms in total. The van der Waals surface area contributed by atoms with E-state index < -0.39 is 17.8 Å². The minimum Gasteiger partial charge on any atom is -0.478 e. The van der Waals surface area contributed by atoms with E-state index in [0.717, 1.165) is 18.2 Å². The molecule has 0 unspecified atom stereocenters. The lowest BCUT2D eigenvalue weighted by Gasteiger charge is -2.26. The Hall–Kier alpha value is -2.15. The van der Waals surface area contributed by atoms with Gasteiger partial charge in [0.2, 0.25) is 0 Å². The van der Waals surface area contributed by atoms with Crippen LogP contribution in [0.25, 0.3) is 0 Å². The molecule has 20 heavy (non-hydrogen) atoms. The number of urea groups is 1. The SMILES string of the molecule is CC(C)N(CCO)C(=O)Nc1cc(F)ccc1C(=O)O. The Morgan fingerprint density at radius 3 is 2.55 bits per heavy atom. The summed E-state index contributed by atoms with van der Waals surface area (Å²) >= 11 is 0. The Bertz CT molecular complexity index is 505. The predicted octanol–water partition coefficient (Wildman–Crippen LogP) is 1.76. The molecule has 0 aliphatic carbocycles. The van der Waals surface area contributed by atoms with Crippen LogP contribution in [0.2, 0.25) is 0 Å². The van der Waals surface area contributed by atoms with Gasteiger partial charge >= 0.3 is 12.0 Å². The Kier molecular flexibility index (Phi) is 5.45. The number of rotatable bonds is 5. The van der Waals surface area contributed by atoms with E-state index in [4.69, 9.17) is 10.2 Å². The number of carboxylic acids is 1. The summed E-state index contributed by atoms with van der Waals surface area (Å²) in [6.45, 7) is 3.37. The van der Waals surface area contributed by atoms with Crippen molar-refractivity contribution in [3.05, 3.63) is 29.6 Å². The first-order chi connectivity index (χ1) is 9.36. The molecule has 1 aromatic rings. The zero-order chi connectivity index (χ0) is 15.3. The molecule has 0 aliphatic heterocycles. The van der Waals surface area contributed by atoms with Gasteiger partial charge in [-0.3, -0.25) is 0 Å². The van der Waals surface area contributed by atoms with E-state index in [0.29, 0.717) is 0 Å². The van der Waals surface area contributed by atoms with Crippen molar-refractivity contribution in [2.75, 3.05) is 18.5 Å². The van der Waals surface area contributed by atoms with Gasteiger partial charge in [-0.15, -0.1) is 0 Å². The van der Waals surface area contributed by atoms with E-state index in [2.05, 4.69) is 5.32 Å². The Morgan fingerprint density at radius 2 is 2.05 bits per heavy atom. The summed E-state index contributed by atoms with van der Waals surface area (Å²) in [6.07, 6.45) is 0. The van der Waals surface area contributed by atoms with Crippen LogP contribution in [-0.2, 0) is 0 Å². The molecule has 7 heteroatoms. The van der Waals surface area contributed by atoms with E-state index in [1.54, 1.807) is 13.8 Å². The number of halogens is 1. The number of nitrogens with one attached hydrogen (secondary N) is 1. The number of aliphatic hydroxyl groups excluding tert-OH is 1. The van der Waals surface area contributed by atoms with Crippen LogP contribution in [-0.4, -0.2) is 46.3 Å². The van der Waals surface area contributed by atoms with Crippen molar-refractivity contribution in [1.82, 2.24) is 4.90 Å². The molecule has 0 saturated heterocycles. The van der Waals surface area contributed by atoms with E-state index >= 15 is 0 Å². The molecular weight excluding hydrogens is 267 g/mol. The van der Waals surface area contributed by atoms with Gasteiger partial charge in [-0.05, 0) is 32.0 Å². The number of anilines is 1. The molecule has 2 amide bonds. The lowest BCUT2D eigenvalue weighted by atomic mass is 10.1. The number of carboxylic acid groups (broad SMARTS) is 1. The van der Waals surface area contributed by atoms with E-state index in [1.807, 2.05) is 0 Å². The molecule has 0 fully saturated rings. The summed E-state index contributed by atoms with van der Waals surface area (Å²) in [5, 5.41) is 20.3. The van der Waals surface area contributed by atoms with Crippen LogP contribution in [0.15, 0.2) is 18.2 Å². The molecule has 0 bridgehead atoms. The van der Waals surface area contributed by atoms with Crippen LogP contribution in [0.1, 0.15) is 24.2 Å². The number of amides is 2. The van der Waals surface area contributed by atoms with Gasteiger partial charge in [0.1, 0.15) is 5.82 Å². The molecule has 3 N–H and O–H groups in total. The lowest BCUT2D eigenvalue weighted by Crippen LogP contribution is -2.42. The molecule has 0 spiro atoms. The molecule has 0 atom stereocenters. The molecule has 0 aromatic heterocycles. The largest absolute Gasteiger partial charge is 0.478 e. The average molecular weight is 284 g/mol. The second-order valence-electron chi connectivity index (χ2n) is 4.44. The van der Waals surface area contributed by atoms with Gasteiger partial charge in [-0.25, -0.2) is 14.0 Å². The second-order valence-corrected chi connectivity index (χ2v) is 4.44. The standard InChI is InChI=1S/C13H17FN2O4/c1-8(2)16(5-6-17)13(20)15-11-7-9(14)3-4-10(11)12(18)19/h3-4,7-8,17H,5-6H2,1-2H3,(H,15,20)(H,18,19). The number of hydrogen-bond donors (Lipinski definition) is 3. The number of nitrogens with zero attached hydrogens (tertiary/aromatic N) is 1. The maximum atomic E-state index is 13.2. The lowest BCUT2D eigenvalue weighted by molar-refractivity contribution is 0.0698. The smallest absolute Gasteiger partial charge is 0.337 e. The summed E-state index contributed by atoms with van der Waals surface area (Å²) in [7, 11) is 0. The first kappa shape index (κ1) is 15.9. The topological polar surface area (TPSA) is 89.9 Å². The molecule has 110 valence electrons. The van der Waals surface area contributed by atoms with Crippen molar-refractivity contribution < 1.29 is 24.2 Å². The highest BCUT2D eigenvalue weighted by Crippen LogP contribution is 2.18. The second kappa shape index (κ2) is 6.85. The van der Waals surface area contributed by atoms with Crippen molar-refractivity contribution >= 4 is 17.7 Å². The van der Waals surface area contributed by atoms with Gasteiger partial charge in [0.15, 0.2) is 0 Å². The minimum atomic E-state index is -1.27. The summed E-state index contributed by atoms with van der Waals surface area (Å²) in [6, 6.07) is 2.25. The number of aliphatic hydroxyl groups is 1. The molecule has 0 aliphatic rings. The number of hydrogen-bond acceptors (Lipinski definition) is 3. The van der Waals surface area contributed by atoms with Gasteiger partial charge in [0, 0.05) is 12.6 Å². The first-order valence-electron chi connectivity index (χ1n) is 6.08. The van der Waals surface area contributed by atoms with Crippen LogP contribution in [0.5, 0.6) is 0 Å². The first-order valence-corrected chi connectivity index (χ1v) is 6.08. The fraction of sp³-hybridized carbons (Fsp3) is 0.385. The van der Waals surface area contributed by atoms with Gasteiger partial charge < -0.3 is 20.4 Å². The third-order valence-electron chi connectivity index (χ3n) is 2.68. The van der Waals surface area contributed by atoms with Crippen molar-refractivity contribution in [2.24, 2.45) is 0 Å². The van der Waals surface area contributed by atoms with Crippen LogP contribution in [0.4, 0.5) is 14.9 Å². The zero-order valence-electron chi connectivity index (χ0n) is 11.3. The maximum Gasteiger partial charge on any atom is 0.337 e. The summed E-state index contributed by atoms with van der Waals surface area (Å²) in [4.78, 5) is 24.4. The van der Waals surface area contributed by atoms with E-state index in [-0.39, 0.29) is 30.4 Å². The molecule has 1 rings (SSSR count). The van der Waals surface area contributed by atoms with Crippen molar-refractivity contribution in [3.8, 4) is 0 Å². The van der Waals surface area contributed by atoms with Crippen molar-refractivity contribution in [3.63, 3.8) is 0 Å². The van der Waals surface area contributed by atoms with Crippen LogP contribution >= 0.6 is 0 Å². The van der Waals surface area contributed by atoms with Crippen molar-refractivity contribution in [2.45, 2.75) is 19.9 Å². The van der Waals surface area contributed by atoms with Gasteiger partial charge in [0.25, 0.3) is 0 Å². The Balaban J connectivity index is 2.99. The summed E-state index contributed by atoms with van der Waals surface area (Å²) < 4.78 is 13.2. The molecule has 1 aromatic carbocycles. The Labute approximate surface area is 115 Å². The zero-order valence-corrected chi connectivity index (χ0v) is 11.3. The highest BCUT2D eigenvalue weighted by atomic mass is 19.1. The maximum absolute atomic E-state index is 13.2. The number of carbonyl (C=O) groups is 2. The van der Waals surface area contributed by atoms with Crippen LogP contribution in [0, 0.1) is 5.82 Å². The van der Waals surface area contributed by atoms with Gasteiger partial charge in [-0.2, -0.15) is 0 Å². The van der Waals surface area contributed by atoms with Gasteiger partial charge in [-0.1, -0.05) is 0 Å². The highest BCUT2D eigenvalue weighted by molar-refractivity contribution is 6.00. The molecule has 0 radical (unpaired) electrons. The van der Waals surface area contributed by atoms with E-state index in [1.165, 1.54) is 4.90 Å². The van der Waals surface area contributed by atoms with Crippen LogP contribution < -0.4 is 5.32 Å². The predicted molar refractivity (Wildman–Crippen MR) is 71.3 cm³/mol. The third-order valence-corrected chi connectivity index (χ3v) is 2.68. The quantitative estimate of drug-likeness (QED) is 0.768. The van der Waals surface area contributed by atoms with Crippen molar-refractivity contribution in [1.29, 1.82) is 0 Å². The monoisotopic (exact) mass is 284 g/mol. The summed E-state index contributed by atoms with van der Waals surface area (Å²) in [5.41, 5.74) is -0.321. The highest BCUT2D eigenvalue weighted by Gasteiger charge is 2.19. The fourth-order valence-corrected chi connectivity index (χ4v) is 1.70. The molecule has 0 heterocycles. The van der Waals surface area contributed by atoms with Crippen LogP contribution in [0.3, 0.4) is 0 Å². The number of carbonyl (C=O) groups excluding carboxylic acids is 1. The fourth-order valence-electron chi connectivity index (χ4n) is 1.70. The third kappa shape index (κ3) is 3.92. The molecular formula is C13H17FN2O4. The Morgan fingerprint density at radius 1 is 1.40 bits per heavy atom. The van der Waals surface area contributed by atoms with Gasteiger partial charge in [0.05, 0.1) is 17.9 Å². The molecule has 0 saturated carbocycles. The minimum absolute atomic E-state index is 0.0984. The number of aromatic carboxylic acids is 1. The van der Waals surface area contributed by atoms with E-state index in [9.17, 15) is 14.0 Å².